The average molecular weight is 371 g/mol. The van der Waals surface area contributed by atoms with Gasteiger partial charge in [0.15, 0.2) is 0 Å². The molecule has 27 heavy (non-hydrogen) atoms. The van der Waals surface area contributed by atoms with Gasteiger partial charge in [-0.05, 0) is 46.7 Å². The molecule has 2 aromatic heterocycles. The molecular weight excluding hydrogens is 346 g/mol. The lowest BCUT2D eigenvalue weighted by atomic mass is 10.4. The van der Waals surface area contributed by atoms with Crippen LogP contribution in [-0.2, 0) is 9.59 Å². The van der Waals surface area contributed by atoms with Crippen molar-refractivity contribution in [1.82, 2.24) is 30.0 Å². The maximum absolute atomic E-state index is 12.4. The number of rotatable bonds is 7. The molecule has 1 aliphatic carbocycles. The number of carbonyl (C=O) groups is 2. The third-order valence-electron chi connectivity index (χ3n) is 4.03. The SMILES string of the molecule is Cc1cc(C)nc(-n2nc(C)cc2NC(=O)CN(C)CC(=O)NC2CC2)n1. The number of carbonyl (C=O) groups excluding carboxylic acids is 2. The summed E-state index contributed by atoms with van der Waals surface area (Å²) < 4.78 is 1.52. The van der Waals surface area contributed by atoms with Gasteiger partial charge in [-0.15, -0.1) is 0 Å². The second-order valence-electron chi connectivity index (χ2n) is 7.10. The van der Waals surface area contributed by atoms with E-state index in [4.69, 9.17) is 0 Å². The molecule has 1 aliphatic rings. The van der Waals surface area contributed by atoms with E-state index < -0.39 is 0 Å². The van der Waals surface area contributed by atoms with E-state index >= 15 is 0 Å². The van der Waals surface area contributed by atoms with Crippen LogP contribution in [0.4, 0.5) is 5.82 Å². The quantitative estimate of drug-likeness (QED) is 0.744. The van der Waals surface area contributed by atoms with E-state index in [1.54, 1.807) is 18.0 Å². The molecule has 0 saturated heterocycles. The third-order valence-corrected chi connectivity index (χ3v) is 4.03. The molecule has 0 aromatic carbocycles. The van der Waals surface area contributed by atoms with Crippen molar-refractivity contribution in [1.29, 1.82) is 0 Å². The number of hydrogen-bond acceptors (Lipinski definition) is 6. The highest BCUT2D eigenvalue weighted by atomic mass is 16.2. The molecule has 2 N–H and O–H groups in total. The van der Waals surface area contributed by atoms with Crippen molar-refractivity contribution < 1.29 is 9.59 Å². The van der Waals surface area contributed by atoms with Crippen LogP contribution >= 0.6 is 0 Å². The van der Waals surface area contributed by atoms with Crippen molar-refractivity contribution >= 4 is 17.6 Å². The zero-order valence-electron chi connectivity index (χ0n) is 16.1. The van der Waals surface area contributed by atoms with E-state index in [9.17, 15) is 9.59 Å². The zero-order chi connectivity index (χ0) is 19.6. The first-order valence-electron chi connectivity index (χ1n) is 8.97. The highest BCUT2D eigenvalue weighted by Gasteiger charge is 2.24. The van der Waals surface area contributed by atoms with Gasteiger partial charge in [0.2, 0.25) is 11.8 Å². The maximum atomic E-state index is 12.4. The van der Waals surface area contributed by atoms with Crippen molar-refractivity contribution in [2.24, 2.45) is 0 Å². The second kappa shape index (κ2) is 7.83. The predicted molar refractivity (Wildman–Crippen MR) is 101 cm³/mol. The van der Waals surface area contributed by atoms with Crippen LogP contribution in [0.2, 0.25) is 0 Å². The molecular formula is C18H25N7O2. The van der Waals surface area contributed by atoms with E-state index in [0.717, 1.165) is 29.9 Å². The van der Waals surface area contributed by atoms with Crippen molar-refractivity contribution in [2.45, 2.75) is 39.7 Å². The lowest BCUT2D eigenvalue weighted by Gasteiger charge is -2.16. The van der Waals surface area contributed by atoms with Crippen LogP contribution < -0.4 is 10.6 Å². The molecule has 0 bridgehead atoms. The lowest BCUT2D eigenvalue weighted by Crippen LogP contribution is -2.39. The molecule has 3 rings (SSSR count). The molecule has 9 nitrogen and oxygen atoms in total. The Kier molecular flexibility index (Phi) is 5.50. The number of aromatic nitrogens is 4. The van der Waals surface area contributed by atoms with Gasteiger partial charge in [-0.25, -0.2) is 9.97 Å². The van der Waals surface area contributed by atoms with Gasteiger partial charge in [0.25, 0.3) is 5.95 Å². The first-order valence-corrected chi connectivity index (χ1v) is 8.97. The number of aryl methyl sites for hydroxylation is 3. The number of nitrogens with zero attached hydrogens (tertiary/aromatic N) is 5. The van der Waals surface area contributed by atoms with E-state index in [-0.39, 0.29) is 24.9 Å². The highest BCUT2D eigenvalue weighted by molar-refractivity contribution is 5.92. The summed E-state index contributed by atoms with van der Waals surface area (Å²) in [7, 11) is 1.74. The van der Waals surface area contributed by atoms with E-state index in [1.807, 2.05) is 26.8 Å². The summed E-state index contributed by atoms with van der Waals surface area (Å²) in [5, 5.41) is 10.1. The summed E-state index contributed by atoms with van der Waals surface area (Å²) in [6.07, 6.45) is 2.08. The molecule has 0 unspecified atom stereocenters. The lowest BCUT2D eigenvalue weighted by molar-refractivity contribution is -0.123. The van der Waals surface area contributed by atoms with Crippen LogP contribution in [0.3, 0.4) is 0 Å². The Balaban J connectivity index is 1.64. The second-order valence-corrected chi connectivity index (χ2v) is 7.10. The molecule has 0 aliphatic heterocycles. The standard InChI is InChI=1S/C18H25N7O2/c1-11-7-12(2)20-18(19-11)25-15(8-13(3)23-25)22-17(27)10-24(4)9-16(26)21-14-5-6-14/h7-8,14H,5-6,9-10H2,1-4H3,(H,21,26)(H,22,27). The number of nitrogens with one attached hydrogen (secondary N) is 2. The van der Waals surface area contributed by atoms with E-state index in [1.165, 1.54) is 4.68 Å². The highest BCUT2D eigenvalue weighted by Crippen LogP contribution is 2.18. The zero-order valence-corrected chi connectivity index (χ0v) is 16.1. The average Bonchev–Trinajstić information content (AvgIpc) is 3.26. The molecule has 2 aromatic rings. The van der Waals surface area contributed by atoms with Gasteiger partial charge >= 0.3 is 0 Å². The van der Waals surface area contributed by atoms with Gasteiger partial charge in [-0.2, -0.15) is 9.78 Å². The normalized spacial score (nSPS) is 13.7. The monoisotopic (exact) mass is 371 g/mol. The van der Waals surface area contributed by atoms with Crippen molar-refractivity contribution in [2.75, 3.05) is 25.5 Å². The molecule has 1 fully saturated rings. The van der Waals surface area contributed by atoms with Gasteiger partial charge in [0, 0.05) is 23.5 Å². The Bertz CT molecular complexity index is 837. The maximum Gasteiger partial charge on any atom is 0.252 e. The number of anilines is 1. The van der Waals surface area contributed by atoms with E-state index in [2.05, 4.69) is 25.7 Å². The van der Waals surface area contributed by atoms with Gasteiger partial charge < -0.3 is 10.6 Å². The van der Waals surface area contributed by atoms with Crippen molar-refractivity contribution in [3.8, 4) is 5.95 Å². The fourth-order valence-corrected chi connectivity index (χ4v) is 2.77. The van der Waals surface area contributed by atoms with Crippen LogP contribution in [0.25, 0.3) is 5.95 Å². The third kappa shape index (κ3) is 5.33. The first-order chi connectivity index (χ1) is 12.8. The summed E-state index contributed by atoms with van der Waals surface area (Å²) in [5.74, 6) is 0.617. The minimum Gasteiger partial charge on any atom is -0.352 e. The van der Waals surface area contributed by atoms with Gasteiger partial charge in [0.05, 0.1) is 18.8 Å². The summed E-state index contributed by atoms with van der Waals surface area (Å²) in [6.45, 7) is 5.88. The minimum absolute atomic E-state index is 0.0580. The molecule has 144 valence electrons. The molecule has 9 heteroatoms. The number of likely N-dealkylation sites (N-methyl/N-ethyl adjacent to an activating group) is 1. The Morgan fingerprint density at radius 3 is 2.33 bits per heavy atom. The molecule has 0 radical (unpaired) electrons. The van der Waals surface area contributed by atoms with E-state index in [0.29, 0.717) is 17.8 Å². The Hall–Kier alpha value is -2.81. The molecule has 1 saturated carbocycles. The number of hydrogen-bond donors (Lipinski definition) is 2. The van der Waals surface area contributed by atoms with Crippen molar-refractivity contribution in [3.63, 3.8) is 0 Å². The Morgan fingerprint density at radius 2 is 1.70 bits per heavy atom. The summed E-state index contributed by atoms with van der Waals surface area (Å²) in [4.78, 5) is 34.7. The smallest absolute Gasteiger partial charge is 0.252 e. The van der Waals surface area contributed by atoms with Crippen LogP contribution in [0.15, 0.2) is 12.1 Å². The topological polar surface area (TPSA) is 105 Å². The van der Waals surface area contributed by atoms with Crippen LogP contribution in [0, 0.1) is 20.8 Å². The fraction of sp³-hybridized carbons (Fsp3) is 0.500. The van der Waals surface area contributed by atoms with Gasteiger partial charge in [-0.3, -0.25) is 14.5 Å². The van der Waals surface area contributed by atoms with Crippen molar-refractivity contribution in [3.05, 3.63) is 29.2 Å². The van der Waals surface area contributed by atoms with Crippen LogP contribution in [-0.4, -0.2) is 62.6 Å². The largest absolute Gasteiger partial charge is 0.352 e. The fourth-order valence-electron chi connectivity index (χ4n) is 2.77. The first kappa shape index (κ1) is 19.0. The molecule has 0 atom stereocenters. The Labute approximate surface area is 158 Å². The number of amides is 2. The van der Waals surface area contributed by atoms with Crippen LogP contribution in [0.1, 0.15) is 29.9 Å². The summed E-state index contributed by atoms with van der Waals surface area (Å²) in [5.41, 5.74) is 2.39. The summed E-state index contributed by atoms with van der Waals surface area (Å²) in [6, 6.07) is 3.95. The predicted octanol–water partition coefficient (Wildman–Crippen LogP) is 0.736. The molecule has 0 spiro atoms. The molecule has 2 amide bonds. The Morgan fingerprint density at radius 1 is 1.07 bits per heavy atom. The van der Waals surface area contributed by atoms with Crippen LogP contribution in [0.5, 0.6) is 0 Å². The summed E-state index contributed by atoms with van der Waals surface area (Å²) >= 11 is 0. The van der Waals surface area contributed by atoms with Gasteiger partial charge in [0.1, 0.15) is 5.82 Å². The van der Waals surface area contributed by atoms with Gasteiger partial charge in [-0.1, -0.05) is 0 Å². The molecule has 2 heterocycles. The minimum atomic E-state index is -0.234.